The number of nitrogens with one attached hydrogen (secondary N) is 3. The number of carbonyl (C=O) groups is 3. The number of allylic oxidation sites excluding steroid dienone is 1. The Bertz CT molecular complexity index is 1240. The van der Waals surface area contributed by atoms with Crippen LogP contribution >= 0.6 is 0 Å². The number of hydrogen-bond donors (Lipinski definition) is 4. The number of benzene rings is 2. The van der Waals surface area contributed by atoms with Crippen molar-refractivity contribution >= 4 is 30.3 Å². The Labute approximate surface area is 236 Å². The summed E-state index contributed by atoms with van der Waals surface area (Å²) in [7, 11) is 5.53. The maximum Gasteiger partial charge on any atom is 0.284 e. The number of amides is 1. The van der Waals surface area contributed by atoms with E-state index in [0.717, 1.165) is 16.9 Å². The summed E-state index contributed by atoms with van der Waals surface area (Å²) in [5, 5.41) is 8.56. The number of nitrogens with two attached hydrogens (primary N) is 1. The fourth-order valence-electron chi connectivity index (χ4n) is 3.79. The highest BCUT2D eigenvalue weighted by molar-refractivity contribution is 6.23. The van der Waals surface area contributed by atoms with Gasteiger partial charge in [-0.05, 0) is 63.0 Å². The molecule has 4 rings (SSSR count). The van der Waals surface area contributed by atoms with Crippen molar-refractivity contribution in [3.8, 4) is 18.1 Å². The Balaban J connectivity index is 0.000000255. The molecule has 2 aromatic carbocycles. The van der Waals surface area contributed by atoms with Crippen LogP contribution in [0.25, 0.3) is 5.57 Å². The van der Waals surface area contributed by atoms with Crippen LogP contribution in [0.2, 0.25) is 0 Å². The van der Waals surface area contributed by atoms with E-state index in [4.69, 9.17) is 16.9 Å². The van der Waals surface area contributed by atoms with Gasteiger partial charge in [-0.25, -0.2) is 0 Å². The highest BCUT2D eigenvalue weighted by Crippen LogP contribution is 2.46. The Morgan fingerprint density at radius 1 is 1.20 bits per heavy atom. The molecule has 2 aliphatic carbocycles. The van der Waals surface area contributed by atoms with Crippen LogP contribution in [-0.4, -0.2) is 58.5 Å². The molecule has 2 aliphatic rings. The monoisotopic (exact) mass is 545 g/mol. The first-order chi connectivity index (χ1) is 19.4. The van der Waals surface area contributed by atoms with Crippen molar-refractivity contribution in [3.63, 3.8) is 0 Å². The van der Waals surface area contributed by atoms with E-state index in [1.165, 1.54) is 31.2 Å². The van der Waals surface area contributed by atoms with Crippen molar-refractivity contribution in [3.05, 3.63) is 70.9 Å². The number of aldehydes is 2. The third-order valence-corrected chi connectivity index (χ3v) is 6.46. The normalized spacial score (nSPS) is 14.9. The quantitative estimate of drug-likeness (QED) is 0.148. The highest BCUT2D eigenvalue weighted by Gasteiger charge is 2.43. The zero-order chi connectivity index (χ0) is 29.4. The van der Waals surface area contributed by atoms with Crippen molar-refractivity contribution in [1.82, 2.24) is 16.0 Å². The van der Waals surface area contributed by atoms with E-state index in [1.54, 1.807) is 37.6 Å². The number of hydrogen-bond acceptors (Lipinski definition) is 8. The molecule has 0 unspecified atom stereocenters. The van der Waals surface area contributed by atoms with Gasteiger partial charge in [-0.1, -0.05) is 36.3 Å². The van der Waals surface area contributed by atoms with Gasteiger partial charge < -0.3 is 26.4 Å². The van der Waals surface area contributed by atoms with Crippen LogP contribution in [0.15, 0.2) is 53.7 Å². The predicted molar refractivity (Wildman–Crippen MR) is 159 cm³/mol. The van der Waals surface area contributed by atoms with Gasteiger partial charge in [0.15, 0.2) is 0 Å². The van der Waals surface area contributed by atoms with Gasteiger partial charge in [0.05, 0.1) is 19.7 Å². The molecule has 0 heterocycles. The van der Waals surface area contributed by atoms with E-state index >= 15 is 0 Å². The molecule has 1 amide bonds. The summed E-state index contributed by atoms with van der Waals surface area (Å²) in [6.45, 7) is 0.854. The topological polar surface area (TPSA) is 135 Å². The molecule has 9 heteroatoms. The second-order valence-corrected chi connectivity index (χ2v) is 9.27. The van der Waals surface area contributed by atoms with E-state index in [2.05, 4.69) is 39.0 Å². The first kappa shape index (κ1) is 32.0. The summed E-state index contributed by atoms with van der Waals surface area (Å²) >= 11 is 0. The van der Waals surface area contributed by atoms with Gasteiger partial charge in [-0.15, -0.1) is 6.42 Å². The lowest BCUT2D eigenvalue weighted by Gasteiger charge is -2.18. The Morgan fingerprint density at radius 2 is 1.93 bits per heavy atom. The first-order valence-electron chi connectivity index (χ1n) is 13.1. The first-order valence-corrected chi connectivity index (χ1v) is 13.1. The highest BCUT2D eigenvalue weighted by atomic mass is 16.5. The second kappa shape index (κ2) is 16.6. The molecule has 0 radical (unpaired) electrons. The van der Waals surface area contributed by atoms with Crippen LogP contribution in [-0.2, 0) is 21.7 Å². The maximum atomic E-state index is 10.6. The number of carbonyl (C=O) groups excluding carboxylic acids is 3. The van der Waals surface area contributed by atoms with E-state index in [0.29, 0.717) is 30.0 Å². The van der Waals surface area contributed by atoms with Gasteiger partial charge in [-0.2, -0.15) is 0 Å². The van der Waals surface area contributed by atoms with Crippen LogP contribution in [0.4, 0.5) is 0 Å². The smallest absolute Gasteiger partial charge is 0.284 e. The molecule has 40 heavy (non-hydrogen) atoms. The lowest BCUT2D eigenvalue weighted by Crippen LogP contribution is -2.24. The van der Waals surface area contributed by atoms with Gasteiger partial charge in [0.2, 0.25) is 6.29 Å². The van der Waals surface area contributed by atoms with E-state index in [-0.39, 0.29) is 18.4 Å². The average molecular weight is 546 g/mol. The lowest BCUT2D eigenvalue weighted by molar-refractivity contribution is -0.131. The largest absolute Gasteiger partial charge is 0.496 e. The molecule has 2 fully saturated rings. The Kier molecular flexibility index (Phi) is 13.3. The van der Waals surface area contributed by atoms with Crippen LogP contribution in [0.5, 0.6) is 5.75 Å². The van der Waals surface area contributed by atoms with Crippen molar-refractivity contribution in [2.24, 2.45) is 10.7 Å². The molecule has 2 saturated carbocycles. The number of nitrogens with zero attached hydrogens (tertiary/aromatic N) is 1. The number of terminal acetylenes is 1. The second-order valence-electron chi connectivity index (χ2n) is 9.27. The van der Waals surface area contributed by atoms with Gasteiger partial charge >= 0.3 is 0 Å². The molecule has 5 N–H and O–H groups in total. The molecule has 0 aliphatic heterocycles. The zero-order valence-corrected chi connectivity index (χ0v) is 23.4. The van der Waals surface area contributed by atoms with Crippen LogP contribution in [0.1, 0.15) is 52.7 Å². The standard InChI is InChI=1S/C17H23N3O.C10H9NO3.C4H7N/c1-19-17(7-8-17)13-3-6-16(21-2)15(9-13)12(10-18)11-20-14-4-5-14;12-6-9-4-2-1-3-8(9)5-11-10(14)7-13;1-3-4-5-2/h3,6,9-11,14,19H,4-5,7-8,18H2,1-2H3;1-4,6-7H,5H2,(H,11,14);1,5H,4H2,2H3/b12-10+,20-11?;;. The maximum absolute atomic E-state index is 10.6. The fourth-order valence-corrected chi connectivity index (χ4v) is 3.79. The minimum absolute atomic E-state index is 0.133. The summed E-state index contributed by atoms with van der Waals surface area (Å²) < 4.78 is 5.49. The SMILES string of the molecule is C#CCNC.CNC1(c2ccc(OC)c(/C(C=NC3CC3)=C/N)c2)CC1.O=CC(=O)NCc1ccccc1C=O. The summed E-state index contributed by atoms with van der Waals surface area (Å²) in [6, 6.07) is 13.7. The molecule has 0 saturated heterocycles. The average Bonchev–Trinajstić information content (AvgIpc) is 3.93. The van der Waals surface area contributed by atoms with Crippen molar-refractivity contribution in [1.29, 1.82) is 0 Å². The third kappa shape index (κ3) is 9.80. The number of methoxy groups -OCH3 is 1. The summed E-state index contributed by atoms with van der Waals surface area (Å²) in [6.07, 6.45) is 14.0. The Morgan fingerprint density at radius 3 is 2.42 bits per heavy atom. The third-order valence-electron chi connectivity index (χ3n) is 6.46. The van der Waals surface area contributed by atoms with E-state index in [1.807, 2.05) is 26.4 Å². The van der Waals surface area contributed by atoms with Crippen molar-refractivity contribution in [2.45, 2.75) is 43.8 Å². The number of aliphatic imine (C=N–C) groups is 1. The van der Waals surface area contributed by atoms with Crippen LogP contribution < -0.4 is 26.4 Å². The molecule has 0 atom stereocenters. The van der Waals surface area contributed by atoms with Crippen LogP contribution in [0, 0.1) is 12.3 Å². The lowest BCUT2D eigenvalue weighted by atomic mass is 9.98. The summed E-state index contributed by atoms with van der Waals surface area (Å²) in [5.74, 6) is 2.55. The molecule has 2 aromatic rings. The van der Waals surface area contributed by atoms with Gasteiger partial charge in [0.1, 0.15) is 12.0 Å². The van der Waals surface area contributed by atoms with Crippen LogP contribution in [0.3, 0.4) is 0 Å². The van der Waals surface area contributed by atoms with Gasteiger partial charge in [0.25, 0.3) is 5.91 Å². The minimum atomic E-state index is -0.689. The van der Waals surface area contributed by atoms with Crippen molar-refractivity contribution < 1.29 is 19.1 Å². The summed E-state index contributed by atoms with van der Waals surface area (Å²) in [5.41, 5.74) is 10.4. The minimum Gasteiger partial charge on any atom is -0.496 e. The predicted octanol–water partition coefficient (Wildman–Crippen LogP) is 2.59. The molecular formula is C31H39N5O4. The molecular weight excluding hydrogens is 506 g/mol. The number of rotatable bonds is 11. The van der Waals surface area contributed by atoms with Crippen molar-refractivity contribution in [2.75, 3.05) is 27.7 Å². The summed E-state index contributed by atoms with van der Waals surface area (Å²) in [4.78, 5) is 35.7. The van der Waals surface area contributed by atoms with E-state index < -0.39 is 5.91 Å². The molecule has 9 nitrogen and oxygen atoms in total. The van der Waals surface area contributed by atoms with Gasteiger partial charge in [0, 0.05) is 41.2 Å². The van der Waals surface area contributed by atoms with E-state index in [9.17, 15) is 14.4 Å². The molecule has 0 bridgehead atoms. The Hall–Kier alpha value is -4.26. The zero-order valence-electron chi connectivity index (χ0n) is 23.4. The van der Waals surface area contributed by atoms with Gasteiger partial charge in [-0.3, -0.25) is 19.4 Å². The molecule has 0 aromatic heterocycles. The molecule has 0 spiro atoms. The molecule has 212 valence electrons. The fraction of sp³-hybridized carbons (Fsp3) is 0.355. The number of ether oxygens (including phenoxy) is 1.